The van der Waals surface area contributed by atoms with Crippen molar-refractivity contribution in [3.63, 3.8) is 0 Å². The third-order valence-corrected chi connectivity index (χ3v) is 3.79. The van der Waals surface area contributed by atoms with Gasteiger partial charge < -0.3 is 4.57 Å². The van der Waals surface area contributed by atoms with Gasteiger partial charge in [-0.15, -0.1) is 10.2 Å². The van der Waals surface area contributed by atoms with Crippen LogP contribution in [0, 0.1) is 0 Å². The van der Waals surface area contributed by atoms with Gasteiger partial charge in [0, 0.05) is 19.2 Å². The molecule has 2 rings (SSSR count). The highest BCUT2D eigenvalue weighted by Crippen LogP contribution is 2.17. The van der Waals surface area contributed by atoms with Crippen LogP contribution in [0.4, 0.5) is 0 Å². The van der Waals surface area contributed by atoms with Crippen LogP contribution < -0.4 is 0 Å². The first-order valence-electron chi connectivity index (χ1n) is 5.86. The number of rotatable bonds is 5. The first-order valence-corrected chi connectivity index (χ1v) is 6.84. The monoisotopic (exact) mass is 247 g/mol. The number of benzene rings is 1. The minimum Gasteiger partial charge on any atom is -0.309 e. The number of aromatic nitrogens is 3. The average molecular weight is 247 g/mol. The molecule has 1 aromatic heterocycles. The highest BCUT2D eigenvalue weighted by Gasteiger charge is 2.08. The predicted molar refractivity (Wildman–Crippen MR) is 71.3 cm³/mol. The molecule has 0 atom stereocenters. The van der Waals surface area contributed by atoms with Crippen molar-refractivity contribution in [2.24, 2.45) is 7.05 Å². The molecule has 0 N–H and O–H groups in total. The number of hydrogen-bond acceptors (Lipinski definition) is 3. The normalized spacial score (nSPS) is 10.7. The lowest BCUT2D eigenvalue weighted by Crippen LogP contribution is -2.00. The van der Waals surface area contributed by atoms with Crippen molar-refractivity contribution in [1.29, 1.82) is 0 Å². The molecule has 0 radical (unpaired) electrons. The molecule has 0 saturated carbocycles. The summed E-state index contributed by atoms with van der Waals surface area (Å²) in [6.45, 7) is 2.17. The van der Waals surface area contributed by atoms with E-state index >= 15 is 0 Å². The molecule has 90 valence electrons. The first kappa shape index (κ1) is 12.2. The molecule has 0 saturated heterocycles. The van der Waals surface area contributed by atoms with E-state index in [0.717, 1.165) is 29.6 Å². The van der Waals surface area contributed by atoms with Crippen LogP contribution in [0.3, 0.4) is 0 Å². The van der Waals surface area contributed by atoms with Crippen molar-refractivity contribution in [3.8, 4) is 0 Å². The molecule has 17 heavy (non-hydrogen) atoms. The molecular formula is C13H17N3S. The predicted octanol–water partition coefficient (Wildman–Crippen LogP) is 2.91. The van der Waals surface area contributed by atoms with Gasteiger partial charge in [0.2, 0.25) is 0 Å². The van der Waals surface area contributed by atoms with Crippen LogP contribution >= 0.6 is 11.8 Å². The van der Waals surface area contributed by atoms with Gasteiger partial charge in [-0.05, 0) is 12.0 Å². The molecule has 0 spiro atoms. The highest BCUT2D eigenvalue weighted by atomic mass is 32.2. The Labute approximate surface area is 106 Å². The van der Waals surface area contributed by atoms with Crippen molar-refractivity contribution in [3.05, 3.63) is 41.7 Å². The maximum absolute atomic E-state index is 4.26. The Morgan fingerprint density at radius 3 is 2.65 bits per heavy atom. The SMILES string of the molecule is CCCSc1nnc(Cc2ccccc2)n1C. The van der Waals surface area contributed by atoms with Crippen molar-refractivity contribution in [1.82, 2.24) is 14.8 Å². The fraction of sp³-hybridized carbons (Fsp3) is 0.385. The Kier molecular flexibility index (Phi) is 4.20. The van der Waals surface area contributed by atoms with Gasteiger partial charge in [-0.3, -0.25) is 0 Å². The molecule has 2 aromatic rings. The standard InChI is InChI=1S/C13H17N3S/c1-3-9-17-13-15-14-12(16(13)2)10-11-7-5-4-6-8-11/h4-8H,3,9-10H2,1-2H3. The second kappa shape index (κ2) is 5.87. The molecule has 0 unspecified atom stereocenters. The van der Waals surface area contributed by atoms with Crippen molar-refractivity contribution >= 4 is 11.8 Å². The number of hydrogen-bond donors (Lipinski definition) is 0. The van der Waals surface area contributed by atoms with E-state index in [1.165, 1.54) is 5.56 Å². The molecule has 1 aromatic carbocycles. The molecule has 4 heteroatoms. The van der Waals surface area contributed by atoms with E-state index in [1.54, 1.807) is 11.8 Å². The van der Waals surface area contributed by atoms with Gasteiger partial charge in [0.25, 0.3) is 0 Å². The fourth-order valence-electron chi connectivity index (χ4n) is 1.60. The van der Waals surface area contributed by atoms with Crippen LogP contribution in [0.2, 0.25) is 0 Å². The molecule has 0 aliphatic carbocycles. The van der Waals surface area contributed by atoms with E-state index in [1.807, 2.05) is 13.1 Å². The van der Waals surface area contributed by atoms with Gasteiger partial charge in [0.05, 0.1) is 0 Å². The minimum atomic E-state index is 0.844. The van der Waals surface area contributed by atoms with Crippen LogP contribution in [0.1, 0.15) is 24.7 Å². The third kappa shape index (κ3) is 3.09. The van der Waals surface area contributed by atoms with Gasteiger partial charge in [-0.25, -0.2) is 0 Å². The second-order valence-corrected chi connectivity index (χ2v) is 5.03. The zero-order valence-electron chi connectivity index (χ0n) is 10.3. The molecule has 0 bridgehead atoms. The minimum absolute atomic E-state index is 0.844. The Balaban J connectivity index is 2.09. The van der Waals surface area contributed by atoms with Gasteiger partial charge in [-0.1, -0.05) is 49.0 Å². The smallest absolute Gasteiger partial charge is 0.190 e. The maximum atomic E-state index is 4.26. The number of nitrogens with zero attached hydrogens (tertiary/aromatic N) is 3. The quantitative estimate of drug-likeness (QED) is 0.761. The van der Waals surface area contributed by atoms with E-state index in [4.69, 9.17) is 0 Å². The topological polar surface area (TPSA) is 30.7 Å². The van der Waals surface area contributed by atoms with E-state index in [9.17, 15) is 0 Å². The molecule has 0 aliphatic rings. The number of thioether (sulfide) groups is 1. The van der Waals surface area contributed by atoms with Gasteiger partial charge >= 0.3 is 0 Å². The summed E-state index contributed by atoms with van der Waals surface area (Å²) >= 11 is 1.77. The molecule has 0 aliphatic heterocycles. The zero-order valence-corrected chi connectivity index (χ0v) is 11.1. The van der Waals surface area contributed by atoms with Crippen LogP contribution in [0.5, 0.6) is 0 Å². The Morgan fingerprint density at radius 2 is 1.94 bits per heavy atom. The van der Waals surface area contributed by atoms with Crippen molar-refractivity contribution < 1.29 is 0 Å². The molecule has 0 amide bonds. The lowest BCUT2D eigenvalue weighted by molar-refractivity contribution is 0.748. The first-order chi connectivity index (χ1) is 8.31. The Hall–Kier alpha value is -1.29. The summed E-state index contributed by atoms with van der Waals surface area (Å²) in [5.41, 5.74) is 1.27. The summed E-state index contributed by atoms with van der Waals surface area (Å²) in [6.07, 6.45) is 2.00. The average Bonchev–Trinajstić information content (AvgIpc) is 2.70. The summed E-state index contributed by atoms with van der Waals surface area (Å²) < 4.78 is 2.09. The molecule has 1 heterocycles. The summed E-state index contributed by atoms with van der Waals surface area (Å²) in [4.78, 5) is 0. The van der Waals surface area contributed by atoms with E-state index in [2.05, 4.69) is 46.0 Å². The Bertz CT molecular complexity index is 465. The lowest BCUT2D eigenvalue weighted by Gasteiger charge is -2.03. The summed E-state index contributed by atoms with van der Waals surface area (Å²) in [7, 11) is 2.04. The van der Waals surface area contributed by atoms with E-state index < -0.39 is 0 Å². The van der Waals surface area contributed by atoms with Crippen LogP contribution in [0.15, 0.2) is 35.5 Å². The third-order valence-electron chi connectivity index (χ3n) is 2.57. The zero-order chi connectivity index (χ0) is 12.1. The second-order valence-electron chi connectivity index (χ2n) is 3.97. The Morgan fingerprint density at radius 1 is 1.18 bits per heavy atom. The molecule has 0 fully saturated rings. The molecule has 3 nitrogen and oxygen atoms in total. The fourth-order valence-corrected chi connectivity index (χ4v) is 2.38. The highest BCUT2D eigenvalue weighted by molar-refractivity contribution is 7.99. The van der Waals surface area contributed by atoms with Crippen LogP contribution in [0.25, 0.3) is 0 Å². The summed E-state index contributed by atoms with van der Waals surface area (Å²) in [6, 6.07) is 10.4. The lowest BCUT2D eigenvalue weighted by atomic mass is 10.1. The van der Waals surface area contributed by atoms with Gasteiger partial charge in [0.15, 0.2) is 5.16 Å². The van der Waals surface area contributed by atoms with E-state index in [-0.39, 0.29) is 0 Å². The van der Waals surface area contributed by atoms with Crippen LogP contribution in [-0.2, 0) is 13.5 Å². The van der Waals surface area contributed by atoms with Gasteiger partial charge in [0.1, 0.15) is 5.82 Å². The maximum Gasteiger partial charge on any atom is 0.190 e. The summed E-state index contributed by atoms with van der Waals surface area (Å²) in [5.74, 6) is 2.12. The largest absolute Gasteiger partial charge is 0.309 e. The van der Waals surface area contributed by atoms with Crippen molar-refractivity contribution in [2.45, 2.75) is 24.9 Å². The summed E-state index contributed by atoms with van der Waals surface area (Å²) in [5, 5.41) is 9.49. The van der Waals surface area contributed by atoms with Crippen molar-refractivity contribution in [2.75, 3.05) is 5.75 Å². The van der Waals surface area contributed by atoms with E-state index in [0.29, 0.717) is 0 Å². The molecular weight excluding hydrogens is 230 g/mol. The van der Waals surface area contributed by atoms with Crippen LogP contribution in [-0.4, -0.2) is 20.5 Å². The van der Waals surface area contributed by atoms with Gasteiger partial charge in [-0.2, -0.15) is 0 Å².